The standard InChI is InChI=1S/C16H20N2O/c1-12-8-15(11-18-13(12)2)10-17-9-14-4-6-16(19-3)7-5-14/h4-8,11,17H,9-10H2,1-3H3. The lowest BCUT2D eigenvalue weighted by Gasteiger charge is -2.07. The summed E-state index contributed by atoms with van der Waals surface area (Å²) in [7, 11) is 1.68. The summed E-state index contributed by atoms with van der Waals surface area (Å²) in [5, 5.41) is 3.42. The number of nitrogens with zero attached hydrogens (tertiary/aromatic N) is 1. The van der Waals surface area contributed by atoms with Crippen LogP contribution in [0.3, 0.4) is 0 Å². The molecule has 1 heterocycles. The number of hydrogen-bond donors (Lipinski definition) is 1. The third-order valence-electron chi connectivity index (χ3n) is 3.21. The molecule has 0 amide bonds. The van der Waals surface area contributed by atoms with E-state index < -0.39 is 0 Å². The normalized spacial score (nSPS) is 10.5. The van der Waals surface area contributed by atoms with Crippen molar-refractivity contribution in [2.24, 2.45) is 0 Å². The number of pyridine rings is 1. The lowest BCUT2D eigenvalue weighted by molar-refractivity contribution is 0.414. The van der Waals surface area contributed by atoms with Gasteiger partial charge in [0.05, 0.1) is 7.11 Å². The van der Waals surface area contributed by atoms with E-state index >= 15 is 0 Å². The van der Waals surface area contributed by atoms with Crippen LogP contribution in [0.2, 0.25) is 0 Å². The van der Waals surface area contributed by atoms with Crippen molar-refractivity contribution >= 4 is 0 Å². The number of aromatic nitrogens is 1. The average molecular weight is 256 g/mol. The molecule has 100 valence electrons. The molecule has 3 nitrogen and oxygen atoms in total. The van der Waals surface area contributed by atoms with Crippen molar-refractivity contribution in [3.63, 3.8) is 0 Å². The third-order valence-corrected chi connectivity index (χ3v) is 3.21. The maximum absolute atomic E-state index is 5.14. The predicted molar refractivity (Wildman–Crippen MR) is 77.2 cm³/mol. The molecule has 2 rings (SSSR count). The SMILES string of the molecule is COc1ccc(CNCc2cnc(C)c(C)c2)cc1. The molecule has 0 aliphatic heterocycles. The van der Waals surface area contributed by atoms with Gasteiger partial charge in [-0.2, -0.15) is 0 Å². The quantitative estimate of drug-likeness (QED) is 0.893. The Hall–Kier alpha value is -1.87. The first kappa shape index (κ1) is 13.6. The molecule has 0 atom stereocenters. The zero-order chi connectivity index (χ0) is 13.7. The summed E-state index contributed by atoms with van der Waals surface area (Å²) in [6, 6.07) is 10.3. The van der Waals surface area contributed by atoms with Crippen molar-refractivity contribution in [3.05, 3.63) is 58.9 Å². The Morgan fingerprint density at radius 1 is 1.05 bits per heavy atom. The van der Waals surface area contributed by atoms with Crippen molar-refractivity contribution in [2.45, 2.75) is 26.9 Å². The number of hydrogen-bond acceptors (Lipinski definition) is 3. The Morgan fingerprint density at radius 2 is 1.74 bits per heavy atom. The van der Waals surface area contributed by atoms with E-state index in [1.54, 1.807) is 7.11 Å². The largest absolute Gasteiger partial charge is 0.497 e. The fraction of sp³-hybridized carbons (Fsp3) is 0.312. The first-order valence-corrected chi connectivity index (χ1v) is 6.45. The number of aryl methyl sites for hydroxylation is 2. The summed E-state index contributed by atoms with van der Waals surface area (Å²) in [6.07, 6.45) is 1.93. The molecule has 0 aliphatic carbocycles. The van der Waals surface area contributed by atoms with Gasteiger partial charge in [0.25, 0.3) is 0 Å². The molecular weight excluding hydrogens is 236 g/mol. The van der Waals surface area contributed by atoms with E-state index in [0.717, 1.165) is 24.5 Å². The monoisotopic (exact) mass is 256 g/mol. The van der Waals surface area contributed by atoms with Gasteiger partial charge in [0.15, 0.2) is 0 Å². The molecule has 0 bridgehead atoms. The minimum absolute atomic E-state index is 0.833. The fourth-order valence-corrected chi connectivity index (χ4v) is 1.89. The molecule has 0 radical (unpaired) electrons. The van der Waals surface area contributed by atoms with E-state index in [1.807, 2.05) is 25.3 Å². The van der Waals surface area contributed by atoms with Crippen LogP contribution in [0.1, 0.15) is 22.4 Å². The van der Waals surface area contributed by atoms with Gasteiger partial charge in [-0.05, 0) is 42.7 Å². The Kier molecular flexibility index (Phi) is 4.53. The third kappa shape index (κ3) is 3.80. The molecule has 0 spiro atoms. The Balaban J connectivity index is 1.86. The number of benzene rings is 1. The van der Waals surface area contributed by atoms with Crippen LogP contribution in [0.4, 0.5) is 0 Å². The van der Waals surface area contributed by atoms with Gasteiger partial charge in [-0.15, -0.1) is 0 Å². The molecule has 0 aliphatic rings. The van der Waals surface area contributed by atoms with Crippen molar-refractivity contribution in [1.29, 1.82) is 0 Å². The molecule has 1 N–H and O–H groups in total. The summed E-state index contributed by atoms with van der Waals surface area (Å²) in [5.74, 6) is 0.891. The van der Waals surface area contributed by atoms with Crippen LogP contribution >= 0.6 is 0 Å². The summed E-state index contributed by atoms with van der Waals surface area (Å²) in [4.78, 5) is 4.37. The highest BCUT2D eigenvalue weighted by atomic mass is 16.5. The molecule has 0 unspecified atom stereocenters. The molecule has 3 heteroatoms. The van der Waals surface area contributed by atoms with Crippen LogP contribution in [0.15, 0.2) is 36.5 Å². The van der Waals surface area contributed by atoms with Gasteiger partial charge >= 0.3 is 0 Å². The van der Waals surface area contributed by atoms with Crippen molar-refractivity contribution in [2.75, 3.05) is 7.11 Å². The van der Waals surface area contributed by atoms with E-state index in [2.05, 4.69) is 35.4 Å². The van der Waals surface area contributed by atoms with E-state index in [-0.39, 0.29) is 0 Å². The molecule has 0 fully saturated rings. The van der Waals surface area contributed by atoms with Gasteiger partial charge in [-0.3, -0.25) is 4.98 Å². The summed E-state index contributed by atoms with van der Waals surface area (Å²) < 4.78 is 5.14. The van der Waals surface area contributed by atoms with Gasteiger partial charge in [-0.25, -0.2) is 0 Å². The highest BCUT2D eigenvalue weighted by Crippen LogP contribution is 2.11. The zero-order valence-corrected chi connectivity index (χ0v) is 11.7. The number of methoxy groups -OCH3 is 1. The molecule has 1 aromatic heterocycles. The molecular formula is C16H20N2O. The van der Waals surface area contributed by atoms with Crippen LogP contribution < -0.4 is 10.1 Å². The highest BCUT2D eigenvalue weighted by Gasteiger charge is 1.98. The summed E-state index contributed by atoms with van der Waals surface area (Å²) >= 11 is 0. The molecule has 19 heavy (non-hydrogen) atoms. The van der Waals surface area contributed by atoms with Gasteiger partial charge in [0, 0.05) is 25.0 Å². The summed E-state index contributed by atoms with van der Waals surface area (Å²) in [6.45, 7) is 5.80. The van der Waals surface area contributed by atoms with Crippen LogP contribution in [-0.2, 0) is 13.1 Å². The topological polar surface area (TPSA) is 34.1 Å². The first-order chi connectivity index (χ1) is 9.19. The predicted octanol–water partition coefficient (Wildman–Crippen LogP) is 3.00. The van der Waals surface area contributed by atoms with Crippen LogP contribution in [0, 0.1) is 13.8 Å². The van der Waals surface area contributed by atoms with Crippen LogP contribution in [-0.4, -0.2) is 12.1 Å². The second-order valence-electron chi connectivity index (χ2n) is 4.70. The van der Waals surface area contributed by atoms with Gasteiger partial charge in [-0.1, -0.05) is 18.2 Å². The van der Waals surface area contributed by atoms with Crippen molar-refractivity contribution in [3.8, 4) is 5.75 Å². The van der Waals surface area contributed by atoms with Crippen molar-refractivity contribution in [1.82, 2.24) is 10.3 Å². The van der Waals surface area contributed by atoms with Gasteiger partial charge in [0.2, 0.25) is 0 Å². The van der Waals surface area contributed by atoms with E-state index in [9.17, 15) is 0 Å². The maximum atomic E-state index is 5.14. The Morgan fingerprint density at radius 3 is 2.37 bits per heavy atom. The molecule has 0 saturated carbocycles. The lowest BCUT2D eigenvalue weighted by atomic mass is 10.1. The fourth-order valence-electron chi connectivity index (χ4n) is 1.89. The number of rotatable bonds is 5. The van der Waals surface area contributed by atoms with E-state index in [1.165, 1.54) is 16.7 Å². The van der Waals surface area contributed by atoms with Crippen molar-refractivity contribution < 1.29 is 4.74 Å². The smallest absolute Gasteiger partial charge is 0.118 e. The first-order valence-electron chi connectivity index (χ1n) is 6.45. The van der Waals surface area contributed by atoms with Crippen LogP contribution in [0.25, 0.3) is 0 Å². The van der Waals surface area contributed by atoms with Gasteiger partial charge in [0.1, 0.15) is 5.75 Å². The summed E-state index contributed by atoms with van der Waals surface area (Å²) in [5.41, 5.74) is 4.80. The second-order valence-corrected chi connectivity index (χ2v) is 4.70. The number of nitrogens with one attached hydrogen (secondary N) is 1. The van der Waals surface area contributed by atoms with E-state index in [0.29, 0.717) is 0 Å². The highest BCUT2D eigenvalue weighted by molar-refractivity contribution is 5.27. The zero-order valence-electron chi connectivity index (χ0n) is 11.7. The van der Waals surface area contributed by atoms with E-state index in [4.69, 9.17) is 4.74 Å². The Labute approximate surface area is 114 Å². The molecule has 1 aromatic carbocycles. The maximum Gasteiger partial charge on any atom is 0.118 e. The molecule has 2 aromatic rings. The molecule has 0 saturated heterocycles. The number of ether oxygens (including phenoxy) is 1. The lowest BCUT2D eigenvalue weighted by Crippen LogP contribution is -2.13. The Bertz CT molecular complexity index is 535. The average Bonchev–Trinajstić information content (AvgIpc) is 2.43. The minimum atomic E-state index is 0.833. The minimum Gasteiger partial charge on any atom is -0.497 e. The van der Waals surface area contributed by atoms with Gasteiger partial charge < -0.3 is 10.1 Å². The second kappa shape index (κ2) is 6.34. The van der Waals surface area contributed by atoms with Crippen LogP contribution in [0.5, 0.6) is 5.75 Å².